The van der Waals surface area contributed by atoms with E-state index in [4.69, 9.17) is 23.2 Å². The van der Waals surface area contributed by atoms with Crippen molar-refractivity contribution in [2.24, 2.45) is 0 Å². The highest BCUT2D eigenvalue weighted by molar-refractivity contribution is 14.1. The molecule has 19 heavy (non-hydrogen) atoms. The first-order chi connectivity index (χ1) is 9.00. The lowest BCUT2D eigenvalue weighted by atomic mass is 10.2. The van der Waals surface area contributed by atoms with Crippen LogP contribution in [-0.2, 0) is 4.79 Å². The predicted molar refractivity (Wildman–Crippen MR) is 88.4 cm³/mol. The third-order valence-electron chi connectivity index (χ3n) is 2.56. The lowest BCUT2D eigenvalue weighted by molar-refractivity contribution is -0.115. The number of hydrogen-bond acceptors (Lipinski definition) is 1. The summed E-state index contributed by atoms with van der Waals surface area (Å²) in [5, 5.41) is 0.891. The van der Waals surface area contributed by atoms with Gasteiger partial charge in [-0.15, -0.1) is 0 Å². The fourth-order valence-electron chi connectivity index (χ4n) is 1.76. The third-order valence-corrected chi connectivity index (χ3v) is 3.89. The highest BCUT2D eigenvalue weighted by atomic mass is 127. The molecule has 0 aliphatic rings. The Balaban J connectivity index is 2.58. The third kappa shape index (κ3) is 3.22. The molecule has 0 atom stereocenters. The maximum absolute atomic E-state index is 11.9. The van der Waals surface area contributed by atoms with Crippen LogP contribution < -0.4 is 4.90 Å². The molecule has 2 rings (SSSR count). The Bertz CT molecular complexity index is 593. The summed E-state index contributed by atoms with van der Waals surface area (Å²) in [4.78, 5) is 13.5. The number of para-hydroxylation sites is 1. The minimum Gasteiger partial charge on any atom is -0.278 e. The molecule has 2 aromatic carbocycles. The van der Waals surface area contributed by atoms with E-state index >= 15 is 0 Å². The topological polar surface area (TPSA) is 20.3 Å². The van der Waals surface area contributed by atoms with Gasteiger partial charge in [-0.3, -0.25) is 9.69 Å². The molecule has 0 N–H and O–H groups in total. The fourth-order valence-corrected chi connectivity index (χ4v) is 2.69. The Morgan fingerprint density at radius 2 is 1.58 bits per heavy atom. The van der Waals surface area contributed by atoms with Crippen molar-refractivity contribution in [2.75, 3.05) is 4.90 Å². The molecule has 0 fully saturated rings. The van der Waals surface area contributed by atoms with Gasteiger partial charge in [0.05, 0.1) is 15.7 Å². The van der Waals surface area contributed by atoms with Crippen LogP contribution in [0.25, 0.3) is 0 Å². The lowest BCUT2D eigenvalue weighted by Gasteiger charge is -2.23. The summed E-state index contributed by atoms with van der Waals surface area (Å²) in [5.74, 6) is -0.142. The first-order valence-corrected chi connectivity index (χ1v) is 7.34. The number of anilines is 2. The van der Waals surface area contributed by atoms with E-state index in [0.29, 0.717) is 15.7 Å². The van der Waals surface area contributed by atoms with Gasteiger partial charge >= 0.3 is 0 Å². The molecule has 0 aliphatic carbocycles. The zero-order chi connectivity index (χ0) is 14.0. The molecular weight excluding hydrogens is 396 g/mol. The summed E-state index contributed by atoms with van der Waals surface area (Å²) in [6.45, 7) is 1.48. The average Bonchev–Trinajstić information content (AvgIpc) is 2.35. The maximum atomic E-state index is 11.9. The van der Waals surface area contributed by atoms with E-state index in [0.717, 1.165) is 9.26 Å². The van der Waals surface area contributed by atoms with Gasteiger partial charge in [-0.1, -0.05) is 29.3 Å². The zero-order valence-corrected chi connectivity index (χ0v) is 13.7. The molecule has 0 unspecified atom stereocenters. The fraction of sp³-hybridized carbons (Fsp3) is 0.0714. The summed E-state index contributed by atoms with van der Waals surface area (Å²) in [7, 11) is 0. The Morgan fingerprint density at radius 1 is 1.05 bits per heavy atom. The molecule has 98 valence electrons. The molecule has 1 amide bonds. The van der Waals surface area contributed by atoms with E-state index in [1.54, 1.807) is 18.2 Å². The molecule has 0 spiro atoms. The van der Waals surface area contributed by atoms with E-state index in [9.17, 15) is 4.79 Å². The van der Waals surface area contributed by atoms with E-state index in [2.05, 4.69) is 22.6 Å². The second-order valence-corrected chi connectivity index (χ2v) is 5.96. The number of amides is 1. The summed E-state index contributed by atoms with van der Waals surface area (Å²) >= 11 is 14.5. The number of benzene rings is 2. The molecule has 0 aromatic heterocycles. The molecule has 0 saturated heterocycles. The number of carbonyl (C=O) groups is 1. The van der Waals surface area contributed by atoms with Gasteiger partial charge in [0.15, 0.2) is 0 Å². The van der Waals surface area contributed by atoms with Crippen molar-refractivity contribution in [1.29, 1.82) is 0 Å². The highest BCUT2D eigenvalue weighted by Gasteiger charge is 2.19. The summed E-state index contributed by atoms with van der Waals surface area (Å²) < 4.78 is 1.09. The molecule has 0 saturated carbocycles. The van der Waals surface area contributed by atoms with Crippen LogP contribution in [0.2, 0.25) is 10.0 Å². The summed E-state index contributed by atoms with van der Waals surface area (Å²) in [5.41, 5.74) is 1.25. The standard InChI is InChI=1S/C14H10Cl2INO/c1-9(19)18(11-7-5-10(17)6-8-11)14-12(15)3-2-4-13(14)16/h2-8H,1H3. The Kier molecular flexibility index (Phi) is 4.71. The van der Waals surface area contributed by atoms with Crippen molar-refractivity contribution in [3.63, 3.8) is 0 Å². The number of carbonyl (C=O) groups excluding carboxylic acids is 1. The van der Waals surface area contributed by atoms with E-state index in [-0.39, 0.29) is 5.91 Å². The van der Waals surface area contributed by atoms with Gasteiger partial charge in [-0.05, 0) is 59.0 Å². The highest BCUT2D eigenvalue weighted by Crippen LogP contribution is 2.38. The minimum absolute atomic E-state index is 0.142. The molecule has 0 radical (unpaired) electrons. The van der Waals surface area contributed by atoms with Crippen molar-refractivity contribution in [3.8, 4) is 0 Å². The number of nitrogens with zero attached hydrogens (tertiary/aromatic N) is 1. The second kappa shape index (κ2) is 6.11. The normalized spacial score (nSPS) is 10.3. The van der Waals surface area contributed by atoms with Crippen LogP contribution in [0, 0.1) is 3.57 Å². The largest absolute Gasteiger partial charge is 0.278 e. The van der Waals surface area contributed by atoms with Gasteiger partial charge < -0.3 is 0 Å². The van der Waals surface area contributed by atoms with E-state index in [1.165, 1.54) is 11.8 Å². The van der Waals surface area contributed by atoms with Crippen LogP contribution in [0.1, 0.15) is 6.92 Å². The van der Waals surface area contributed by atoms with E-state index < -0.39 is 0 Å². The van der Waals surface area contributed by atoms with Gasteiger partial charge in [0.2, 0.25) is 5.91 Å². The Hall–Kier alpha value is -0.780. The van der Waals surface area contributed by atoms with Crippen LogP contribution in [0.3, 0.4) is 0 Å². The Labute approximate surface area is 135 Å². The van der Waals surface area contributed by atoms with Gasteiger partial charge in [-0.25, -0.2) is 0 Å². The molecule has 5 heteroatoms. The zero-order valence-electron chi connectivity index (χ0n) is 10.0. The van der Waals surface area contributed by atoms with Gasteiger partial charge in [0.25, 0.3) is 0 Å². The van der Waals surface area contributed by atoms with Gasteiger partial charge in [0.1, 0.15) is 0 Å². The number of hydrogen-bond donors (Lipinski definition) is 0. The quantitative estimate of drug-likeness (QED) is 0.622. The van der Waals surface area contributed by atoms with Crippen LogP contribution in [0.4, 0.5) is 11.4 Å². The van der Waals surface area contributed by atoms with Crippen molar-refractivity contribution in [1.82, 2.24) is 0 Å². The van der Waals surface area contributed by atoms with Crippen molar-refractivity contribution in [2.45, 2.75) is 6.92 Å². The van der Waals surface area contributed by atoms with Crippen LogP contribution in [0.5, 0.6) is 0 Å². The van der Waals surface area contributed by atoms with Gasteiger partial charge in [0, 0.05) is 16.2 Å². The molecule has 0 bridgehead atoms. The molecule has 2 nitrogen and oxygen atoms in total. The van der Waals surface area contributed by atoms with Crippen LogP contribution in [-0.4, -0.2) is 5.91 Å². The maximum Gasteiger partial charge on any atom is 0.228 e. The minimum atomic E-state index is -0.142. The van der Waals surface area contributed by atoms with Gasteiger partial charge in [-0.2, -0.15) is 0 Å². The van der Waals surface area contributed by atoms with Crippen LogP contribution >= 0.6 is 45.8 Å². The van der Waals surface area contributed by atoms with Crippen LogP contribution in [0.15, 0.2) is 42.5 Å². The smallest absolute Gasteiger partial charge is 0.228 e. The molecule has 2 aromatic rings. The first-order valence-electron chi connectivity index (χ1n) is 5.51. The second-order valence-electron chi connectivity index (χ2n) is 3.90. The lowest BCUT2D eigenvalue weighted by Crippen LogP contribution is -2.23. The van der Waals surface area contributed by atoms with E-state index in [1.807, 2.05) is 24.3 Å². The summed E-state index contributed by atoms with van der Waals surface area (Å²) in [6, 6.07) is 12.8. The Morgan fingerprint density at radius 3 is 2.05 bits per heavy atom. The van der Waals surface area contributed by atoms with Crippen molar-refractivity contribution < 1.29 is 4.79 Å². The first kappa shape index (κ1) is 14.6. The number of halogens is 3. The van der Waals surface area contributed by atoms with Crippen molar-refractivity contribution in [3.05, 3.63) is 56.1 Å². The molecular formula is C14H10Cl2INO. The summed E-state index contributed by atoms with van der Waals surface area (Å²) in [6.07, 6.45) is 0. The monoisotopic (exact) mass is 405 g/mol. The number of rotatable bonds is 2. The van der Waals surface area contributed by atoms with Crippen molar-refractivity contribution >= 4 is 63.1 Å². The predicted octanol–water partition coefficient (Wildman–Crippen LogP) is 5.28. The molecule has 0 heterocycles. The SMILES string of the molecule is CC(=O)N(c1ccc(I)cc1)c1c(Cl)cccc1Cl. The average molecular weight is 406 g/mol. The molecule has 0 aliphatic heterocycles.